The first kappa shape index (κ1) is 14.9. The minimum absolute atomic E-state index is 0.0522. The topological polar surface area (TPSA) is 67.3 Å². The molecule has 1 fully saturated rings. The molecule has 108 valence electrons. The van der Waals surface area contributed by atoms with E-state index in [0.717, 1.165) is 17.7 Å². The highest BCUT2D eigenvalue weighted by molar-refractivity contribution is 7.90. The van der Waals surface area contributed by atoms with Gasteiger partial charge in [0.15, 0.2) is 9.84 Å². The third-order valence-corrected chi connectivity index (χ3v) is 6.49. The van der Waals surface area contributed by atoms with Crippen LogP contribution in [0, 0.1) is 12.8 Å². The minimum atomic E-state index is -3.30. The van der Waals surface area contributed by atoms with Gasteiger partial charge in [-0.05, 0) is 38.5 Å². The Morgan fingerprint density at radius 2 is 2.11 bits per heavy atom. The first-order valence-corrected chi connectivity index (χ1v) is 9.26. The van der Waals surface area contributed by atoms with Crippen LogP contribution in [0.1, 0.15) is 42.5 Å². The zero-order valence-corrected chi connectivity index (χ0v) is 13.1. The summed E-state index contributed by atoms with van der Waals surface area (Å²) in [4.78, 5) is 5.10. The van der Waals surface area contributed by atoms with Gasteiger partial charge in [-0.15, -0.1) is 11.3 Å². The van der Waals surface area contributed by atoms with Crippen LogP contribution in [-0.4, -0.2) is 29.9 Å². The van der Waals surface area contributed by atoms with Crippen LogP contribution in [0.3, 0.4) is 0 Å². The van der Waals surface area contributed by atoms with Crippen LogP contribution in [0.15, 0.2) is 6.20 Å². The Morgan fingerprint density at radius 1 is 1.47 bits per heavy atom. The van der Waals surface area contributed by atoms with E-state index in [1.807, 2.05) is 6.92 Å². The van der Waals surface area contributed by atoms with Crippen LogP contribution >= 0.6 is 11.3 Å². The summed E-state index contributed by atoms with van der Waals surface area (Å²) >= 11 is 1.40. The van der Waals surface area contributed by atoms with Gasteiger partial charge in [0.2, 0.25) is 0 Å². The summed E-state index contributed by atoms with van der Waals surface area (Å²) in [6.07, 6.45) is 4.67. The molecule has 1 saturated carbocycles. The molecule has 0 spiro atoms. The molecule has 1 aromatic rings. The molecule has 1 N–H and O–H groups in total. The summed E-state index contributed by atoms with van der Waals surface area (Å²) in [5.74, 6) is 0.402. The number of rotatable bonds is 4. The maximum absolute atomic E-state index is 12.2. The van der Waals surface area contributed by atoms with Gasteiger partial charge >= 0.3 is 0 Å². The summed E-state index contributed by atoms with van der Waals surface area (Å²) in [5, 5.41) is 11.0. The monoisotopic (exact) mass is 303 g/mol. The van der Waals surface area contributed by atoms with Gasteiger partial charge in [0.25, 0.3) is 0 Å². The van der Waals surface area contributed by atoms with Crippen molar-refractivity contribution < 1.29 is 13.5 Å². The van der Waals surface area contributed by atoms with Gasteiger partial charge in [-0.3, -0.25) is 0 Å². The molecule has 0 bridgehead atoms. The molecule has 1 aromatic heterocycles. The number of aliphatic hydroxyl groups is 1. The molecule has 2 rings (SSSR count). The van der Waals surface area contributed by atoms with Crippen LogP contribution in [0.25, 0.3) is 0 Å². The zero-order valence-electron chi connectivity index (χ0n) is 11.4. The third kappa shape index (κ3) is 4.26. The Balaban J connectivity index is 2.01. The van der Waals surface area contributed by atoms with E-state index in [2.05, 4.69) is 11.9 Å². The maximum Gasteiger partial charge on any atom is 0.159 e. The Kier molecular flexibility index (Phi) is 4.32. The van der Waals surface area contributed by atoms with Crippen LogP contribution in [-0.2, 0) is 15.6 Å². The standard InChI is InChI=1S/C13H21NO3S2/c1-10-3-5-13(15,6-4-10)9-19(16,17)8-12-14-7-11(2)18-12/h7,10,15H,3-6,8-9H2,1-2H3. The van der Waals surface area contributed by atoms with Crippen molar-refractivity contribution in [2.45, 2.75) is 50.9 Å². The zero-order chi connectivity index (χ0) is 14.1. The van der Waals surface area contributed by atoms with Crippen molar-refractivity contribution in [2.75, 3.05) is 5.75 Å². The van der Waals surface area contributed by atoms with E-state index in [9.17, 15) is 13.5 Å². The molecule has 0 radical (unpaired) electrons. The fourth-order valence-electron chi connectivity index (χ4n) is 2.56. The van der Waals surface area contributed by atoms with Crippen molar-refractivity contribution in [1.29, 1.82) is 0 Å². The van der Waals surface area contributed by atoms with E-state index >= 15 is 0 Å². The van der Waals surface area contributed by atoms with Crippen LogP contribution < -0.4 is 0 Å². The lowest BCUT2D eigenvalue weighted by Crippen LogP contribution is -2.40. The number of aromatic nitrogens is 1. The molecule has 4 nitrogen and oxygen atoms in total. The first-order chi connectivity index (χ1) is 8.78. The van der Waals surface area contributed by atoms with E-state index in [1.54, 1.807) is 6.20 Å². The summed E-state index contributed by atoms with van der Waals surface area (Å²) in [7, 11) is -3.30. The quantitative estimate of drug-likeness (QED) is 0.927. The Morgan fingerprint density at radius 3 is 2.63 bits per heavy atom. The van der Waals surface area contributed by atoms with E-state index < -0.39 is 15.4 Å². The smallest absolute Gasteiger partial charge is 0.159 e. The number of thiazole rings is 1. The molecule has 19 heavy (non-hydrogen) atoms. The summed E-state index contributed by atoms with van der Waals surface area (Å²) in [5.41, 5.74) is -1.03. The van der Waals surface area contributed by atoms with Gasteiger partial charge in [-0.1, -0.05) is 6.92 Å². The highest BCUT2D eigenvalue weighted by atomic mass is 32.2. The van der Waals surface area contributed by atoms with Crippen molar-refractivity contribution in [3.05, 3.63) is 16.1 Å². The Hall–Kier alpha value is -0.460. The number of nitrogens with zero attached hydrogens (tertiary/aromatic N) is 1. The van der Waals surface area contributed by atoms with Crippen molar-refractivity contribution in [3.63, 3.8) is 0 Å². The Bertz CT molecular complexity index is 528. The van der Waals surface area contributed by atoms with Crippen molar-refractivity contribution in [2.24, 2.45) is 5.92 Å². The highest BCUT2D eigenvalue weighted by Crippen LogP contribution is 2.33. The number of hydrogen-bond donors (Lipinski definition) is 1. The van der Waals surface area contributed by atoms with Gasteiger partial charge in [0, 0.05) is 11.1 Å². The lowest BCUT2D eigenvalue weighted by atomic mass is 9.81. The normalized spacial score (nSPS) is 28.5. The van der Waals surface area contributed by atoms with Gasteiger partial charge in [-0.2, -0.15) is 0 Å². The molecule has 0 unspecified atom stereocenters. The van der Waals surface area contributed by atoms with E-state index in [0.29, 0.717) is 23.8 Å². The van der Waals surface area contributed by atoms with Crippen LogP contribution in [0.2, 0.25) is 0 Å². The third-order valence-electron chi connectivity index (χ3n) is 3.71. The second-order valence-corrected chi connectivity index (χ2v) is 9.19. The molecule has 1 aliphatic carbocycles. The first-order valence-electron chi connectivity index (χ1n) is 6.62. The fourth-order valence-corrected chi connectivity index (χ4v) is 5.58. The second-order valence-electron chi connectivity index (χ2n) is 5.80. The minimum Gasteiger partial charge on any atom is -0.389 e. The summed E-state index contributed by atoms with van der Waals surface area (Å²) in [6, 6.07) is 0. The molecule has 1 heterocycles. The van der Waals surface area contributed by atoms with Crippen LogP contribution in [0.5, 0.6) is 0 Å². The van der Waals surface area contributed by atoms with Crippen LogP contribution in [0.4, 0.5) is 0 Å². The molecule has 0 saturated heterocycles. The predicted octanol–water partition coefficient (Wildman–Crippen LogP) is 2.31. The lowest BCUT2D eigenvalue weighted by Gasteiger charge is -2.34. The molecule has 1 aliphatic rings. The van der Waals surface area contributed by atoms with Crippen molar-refractivity contribution >= 4 is 21.2 Å². The molecular formula is C13H21NO3S2. The molecule has 0 aromatic carbocycles. The highest BCUT2D eigenvalue weighted by Gasteiger charge is 2.36. The summed E-state index contributed by atoms with van der Waals surface area (Å²) < 4.78 is 24.3. The second kappa shape index (κ2) is 5.50. The largest absolute Gasteiger partial charge is 0.389 e. The van der Waals surface area contributed by atoms with Gasteiger partial charge in [0.1, 0.15) is 10.8 Å². The lowest BCUT2D eigenvalue weighted by molar-refractivity contribution is 0.0135. The molecule has 6 heteroatoms. The predicted molar refractivity (Wildman–Crippen MR) is 76.9 cm³/mol. The van der Waals surface area contributed by atoms with Gasteiger partial charge in [-0.25, -0.2) is 13.4 Å². The number of aryl methyl sites for hydroxylation is 1. The number of hydrogen-bond acceptors (Lipinski definition) is 5. The molecule has 0 amide bonds. The fraction of sp³-hybridized carbons (Fsp3) is 0.769. The van der Waals surface area contributed by atoms with Crippen molar-refractivity contribution in [3.8, 4) is 0 Å². The molecular weight excluding hydrogens is 282 g/mol. The van der Waals surface area contributed by atoms with E-state index in [1.165, 1.54) is 11.3 Å². The molecule has 0 atom stereocenters. The van der Waals surface area contributed by atoms with E-state index in [4.69, 9.17) is 0 Å². The van der Waals surface area contributed by atoms with E-state index in [-0.39, 0.29) is 11.5 Å². The number of sulfone groups is 1. The van der Waals surface area contributed by atoms with Gasteiger partial charge in [0.05, 0.1) is 11.4 Å². The van der Waals surface area contributed by atoms with Gasteiger partial charge < -0.3 is 5.11 Å². The maximum atomic E-state index is 12.2. The average Bonchev–Trinajstić information content (AvgIpc) is 2.67. The van der Waals surface area contributed by atoms with Crippen molar-refractivity contribution in [1.82, 2.24) is 4.98 Å². The average molecular weight is 303 g/mol. The SMILES string of the molecule is Cc1cnc(CS(=O)(=O)CC2(O)CCC(C)CC2)s1. The Labute approximate surface area is 118 Å². The molecule has 0 aliphatic heterocycles. The summed E-state index contributed by atoms with van der Waals surface area (Å²) in [6.45, 7) is 4.05.